The van der Waals surface area contributed by atoms with Crippen LogP contribution in [0.4, 0.5) is 0 Å². The van der Waals surface area contributed by atoms with Crippen molar-refractivity contribution in [1.82, 2.24) is 0 Å². The first-order valence-electron chi connectivity index (χ1n) is 7.57. The van der Waals surface area contributed by atoms with Gasteiger partial charge in [0.2, 0.25) is 0 Å². The van der Waals surface area contributed by atoms with Crippen molar-refractivity contribution in [3.05, 3.63) is 89.6 Å². The second kappa shape index (κ2) is 6.42. The fourth-order valence-corrected chi connectivity index (χ4v) is 7.60. The van der Waals surface area contributed by atoms with Crippen molar-refractivity contribution >= 4 is 32.3 Å². The van der Waals surface area contributed by atoms with Gasteiger partial charge >= 0.3 is 0 Å². The quantitative estimate of drug-likeness (QED) is 0.349. The third-order valence-electron chi connectivity index (χ3n) is 3.86. The maximum Gasteiger partial charge on any atom is 0.0597 e. The Morgan fingerprint density at radius 3 is 1.79 bits per heavy atom. The van der Waals surface area contributed by atoms with Crippen LogP contribution in [0.1, 0.15) is 0 Å². The summed E-state index contributed by atoms with van der Waals surface area (Å²) in [5, 5.41) is 4.16. The van der Waals surface area contributed by atoms with E-state index in [-0.39, 0.29) is 0 Å². The lowest BCUT2D eigenvalue weighted by atomic mass is 10.4. The molecule has 4 rings (SSSR count). The molecule has 0 N–H and O–H groups in total. The van der Waals surface area contributed by atoms with E-state index in [9.17, 15) is 4.61 Å². The number of rotatable bonds is 1. The Labute approximate surface area is 150 Å². The van der Waals surface area contributed by atoms with E-state index in [0.29, 0.717) is 0 Å². The van der Waals surface area contributed by atoms with Gasteiger partial charge in [-0.2, -0.15) is 0 Å². The van der Waals surface area contributed by atoms with Gasteiger partial charge in [0, 0.05) is 24.3 Å². The molecule has 0 radical (unpaired) electrons. The summed E-state index contributed by atoms with van der Waals surface area (Å²) >= 11 is 3.41. The minimum Gasteiger partial charge on any atom is -0.216 e. The van der Waals surface area contributed by atoms with Gasteiger partial charge in [-0.15, -0.1) is 22.7 Å². The number of benzene rings is 2. The summed E-state index contributed by atoms with van der Waals surface area (Å²) in [6.45, 7) is 0. The molecule has 0 aliphatic carbocycles. The van der Waals surface area contributed by atoms with Gasteiger partial charge in [-0.1, -0.05) is 42.5 Å². The van der Waals surface area contributed by atoms with Crippen LogP contribution in [0, 0.1) is 4.61 Å². The van der Waals surface area contributed by atoms with Gasteiger partial charge in [-0.3, -0.25) is 0 Å². The molecule has 2 heterocycles. The summed E-state index contributed by atoms with van der Waals surface area (Å²) in [7, 11) is -2.27. The first-order valence-corrected chi connectivity index (χ1v) is 10.9. The van der Waals surface area contributed by atoms with Crippen molar-refractivity contribution < 1.29 is 0 Å². The standard InChI is InChI=1S/C20H15NS3/c21-24(16-8-3-1-4-9-16,17-10-5-2-6-11-17)19-13-15-23-20(19)18-12-7-14-22-18/h1-15H. The lowest BCUT2D eigenvalue weighted by Gasteiger charge is -2.21. The fourth-order valence-electron chi connectivity index (χ4n) is 2.74. The first-order chi connectivity index (χ1) is 11.8. The molecule has 0 aliphatic heterocycles. The molecule has 0 aliphatic rings. The molecule has 118 valence electrons. The maximum absolute atomic E-state index is 12.0. The average Bonchev–Trinajstić information content (AvgIpc) is 3.34. The second-order valence-electron chi connectivity index (χ2n) is 5.30. The zero-order chi connectivity index (χ0) is 16.4. The van der Waals surface area contributed by atoms with Crippen LogP contribution >= 0.6 is 32.3 Å². The Bertz CT molecular complexity index is 990. The Hall–Kier alpha value is -2.10. The smallest absolute Gasteiger partial charge is 0.0597 e. The average molecular weight is 366 g/mol. The lowest BCUT2D eigenvalue weighted by molar-refractivity contribution is 1.31. The highest BCUT2D eigenvalue weighted by Gasteiger charge is 2.27. The Kier molecular flexibility index (Phi) is 4.13. The van der Waals surface area contributed by atoms with Crippen molar-refractivity contribution in [2.45, 2.75) is 14.7 Å². The molecule has 24 heavy (non-hydrogen) atoms. The highest BCUT2D eigenvalue weighted by molar-refractivity contribution is 8.22. The zero-order valence-corrected chi connectivity index (χ0v) is 15.3. The topological polar surface area (TPSA) is 23.8 Å². The van der Waals surface area contributed by atoms with Crippen LogP contribution in [0.2, 0.25) is 0 Å². The molecule has 0 bridgehead atoms. The molecule has 0 fully saturated rings. The van der Waals surface area contributed by atoms with Gasteiger partial charge in [0.05, 0.1) is 9.77 Å². The van der Waals surface area contributed by atoms with E-state index in [1.54, 1.807) is 22.7 Å². The largest absolute Gasteiger partial charge is 0.216 e. The third-order valence-corrected chi connectivity index (χ3v) is 8.84. The highest BCUT2D eigenvalue weighted by atomic mass is 32.2. The van der Waals surface area contributed by atoms with Gasteiger partial charge < -0.3 is 0 Å². The molecule has 2 aromatic heterocycles. The predicted octanol–water partition coefficient (Wildman–Crippen LogP) is 7.24. The number of hydrogen-bond acceptors (Lipinski definition) is 3. The van der Waals surface area contributed by atoms with E-state index in [0.717, 1.165) is 19.6 Å². The van der Waals surface area contributed by atoms with Crippen LogP contribution in [-0.4, -0.2) is 0 Å². The van der Waals surface area contributed by atoms with E-state index in [2.05, 4.69) is 29.0 Å². The van der Waals surface area contributed by atoms with Crippen molar-refractivity contribution in [3.8, 4) is 9.75 Å². The van der Waals surface area contributed by atoms with Gasteiger partial charge in [0.1, 0.15) is 0 Å². The molecule has 0 saturated heterocycles. The van der Waals surface area contributed by atoms with E-state index >= 15 is 0 Å². The summed E-state index contributed by atoms with van der Waals surface area (Å²) < 4.78 is 12.0. The Balaban J connectivity index is 2.01. The highest BCUT2D eigenvalue weighted by Crippen LogP contribution is 2.60. The molecular weight excluding hydrogens is 350 g/mol. The van der Waals surface area contributed by atoms with Crippen LogP contribution in [0.3, 0.4) is 0 Å². The second-order valence-corrected chi connectivity index (χ2v) is 9.70. The van der Waals surface area contributed by atoms with E-state index < -0.39 is 9.66 Å². The molecule has 0 saturated carbocycles. The molecule has 0 spiro atoms. The van der Waals surface area contributed by atoms with Gasteiger partial charge in [-0.05, 0) is 47.2 Å². The summed E-state index contributed by atoms with van der Waals surface area (Å²) in [4.78, 5) is 5.32. The van der Waals surface area contributed by atoms with Gasteiger partial charge in [-0.25, -0.2) is 4.61 Å². The van der Waals surface area contributed by atoms with E-state index in [1.165, 1.54) is 4.88 Å². The number of nitrogens with zero attached hydrogens (tertiary/aromatic N) is 1. The predicted molar refractivity (Wildman–Crippen MR) is 105 cm³/mol. The summed E-state index contributed by atoms with van der Waals surface area (Å²) in [5.41, 5.74) is 0. The van der Waals surface area contributed by atoms with Crippen LogP contribution in [0.15, 0.2) is 104 Å². The van der Waals surface area contributed by atoms with Crippen LogP contribution in [0.25, 0.3) is 9.75 Å². The molecule has 4 aromatic rings. The molecule has 1 nitrogen and oxygen atoms in total. The van der Waals surface area contributed by atoms with Crippen molar-refractivity contribution in [2.24, 2.45) is 0 Å². The van der Waals surface area contributed by atoms with Crippen LogP contribution in [-0.2, 0) is 0 Å². The van der Waals surface area contributed by atoms with Crippen LogP contribution < -0.4 is 0 Å². The number of thiophene rings is 2. The third kappa shape index (κ3) is 2.54. The Morgan fingerprint density at radius 2 is 1.25 bits per heavy atom. The minimum atomic E-state index is -2.27. The first kappa shape index (κ1) is 15.4. The van der Waals surface area contributed by atoms with Gasteiger partial charge in [0.25, 0.3) is 0 Å². The van der Waals surface area contributed by atoms with Crippen molar-refractivity contribution in [3.63, 3.8) is 0 Å². The fraction of sp³-hybridized carbons (Fsp3) is 0. The normalized spacial score (nSPS) is 11.5. The zero-order valence-electron chi connectivity index (χ0n) is 12.8. The SMILES string of the molecule is N#S(c1ccccc1)(c1ccccc1)c1ccsc1-c1cccs1. The van der Waals surface area contributed by atoms with Crippen LogP contribution in [0.5, 0.6) is 0 Å². The summed E-state index contributed by atoms with van der Waals surface area (Å²) in [6.07, 6.45) is 0. The van der Waals surface area contributed by atoms with E-state index in [4.69, 9.17) is 0 Å². The molecule has 4 heteroatoms. The van der Waals surface area contributed by atoms with Crippen molar-refractivity contribution in [1.29, 1.82) is 4.61 Å². The lowest BCUT2D eigenvalue weighted by Crippen LogP contribution is -1.91. The molecule has 2 aromatic carbocycles. The molecule has 0 amide bonds. The summed E-state index contributed by atoms with van der Waals surface area (Å²) in [6, 6.07) is 26.3. The van der Waals surface area contributed by atoms with E-state index in [1.807, 2.05) is 60.7 Å². The maximum atomic E-state index is 12.0. The Morgan fingerprint density at radius 1 is 0.625 bits per heavy atom. The molecular formula is C20H15NS3. The summed E-state index contributed by atoms with van der Waals surface area (Å²) in [5.74, 6) is 0. The number of hydrogen-bond donors (Lipinski definition) is 0. The minimum absolute atomic E-state index is 0.965. The molecule has 0 unspecified atom stereocenters. The molecule has 0 atom stereocenters. The van der Waals surface area contributed by atoms with Crippen molar-refractivity contribution in [2.75, 3.05) is 0 Å². The van der Waals surface area contributed by atoms with Gasteiger partial charge in [0.15, 0.2) is 0 Å². The monoisotopic (exact) mass is 365 g/mol.